The Kier molecular flexibility index (Phi) is 4.74. The Balaban J connectivity index is 1.60. The molecule has 2 aromatic carbocycles. The third kappa shape index (κ3) is 3.16. The normalized spacial score (nSPS) is 23.2. The van der Waals surface area contributed by atoms with E-state index in [4.69, 9.17) is 10.7 Å². The maximum atomic E-state index is 14.3. The Morgan fingerprint density at radius 3 is 2.83 bits per heavy atom. The molecular weight excluding hydrogens is 395 g/mol. The molecule has 6 heteroatoms. The molecule has 0 amide bonds. The van der Waals surface area contributed by atoms with Gasteiger partial charge in [-0.25, -0.2) is 9.98 Å². The number of aliphatic imine (C=N–C) groups is 1. The van der Waals surface area contributed by atoms with Gasteiger partial charge in [-0.2, -0.15) is 4.39 Å². The van der Waals surface area contributed by atoms with Crippen LogP contribution in [0.5, 0.6) is 0 Å². The Bertz CT molecular complexity index is 1130. The fourth-order valence-corrected chi connectivity index (χ4v) is 5.66. The number of anilines is 1. The lowest BCUT2D eigenvalue weighted by atomic mass is 9.81. The number of thioether (sulfide) groups is 1. The highest BCUT2D eigenvalue weighted by Gasteiger charge is 2.50. The SMILES string of the molecule is Cc1ccccc1N1CC2CSC(N)=N[C@@]2(c2cccc(-c3cccnc3F)c2)C1. The lowest BCUT2D eigenvalue weighted by Crippen LogP contribution is -2.40. The second kappa shape index (κ2) is 7.43. The molecule has 0 spiro atoms. The first-order valence-corrected chi connectivity index (χ1v) is 11.1. The first kappa shape index (κ1) is 19.1. The maximum Gasteiger partial charge on any atom is 0.220 e. The van der Waals surface area contributed by atoms with Crippen molar-refractivity contribution in [1.29, 1.82) is 0 Å². The molecule has 5 rings (SSSR count). The lowest BCUT2D eigenvalue weighted by Gasteiger charge is -2.35. The van der Waals surface area contributed by atoms with E-state index in [1.165, 1.54) is 17.4 Å². The molecule has 3 aromatic rings. The van der Waals surface area contributed by atoms with Gasteiger partial charge in [0.15, 0.2) is 5.17 Å². The zero-order valence-corrected chi connectivity index (χ0v) is 17.6. The Hall–Kier alpha value is -2.86. The highest BCUT2D eigenvalue weighted by Crippen LogP contribution is 2.47. The van der Waals surface area contributed by atoms with Crippen LogP contribution in [0.2, 0.25) is 0 Å². The number of rotatable bonds is 3. The molecule has 4 nitrogen and oxygen atoms in total. The van der Waals surface area contributed by atoms with Crippen molar-refractivity contribution in [1.82, 2.24) is 4.98 Å². The number of hydrogen-bond acceptors (Lipinski definition) is 5. The van der Waals surface area contributed by atoms with Crippen molar-refractivity contribution in [2.75, 3.05) is 23.7 Å². The summed E-state index contributed by atoms with van der Waals surface area (Å²) in [5, 5.41) is 0.621. The molecule has 1 unspecified atom stereocenters. The van der Waals surface area contributed by atoms with E-state index in [1.807, 2.05) is 12.1 Å². The van der Waals surface area contributed by atoms with Gasteiger partial charge in [-0.3, -0.25) is 0 Å². The summed E-state index contributed by atoms with van der Waals surface area (Å²) in [5.74, 6) is 0.783. The highest BCUT2D eigenvalue weighted by molar-refractivity contribution is 8.13. The quantitative estimate of drug-likeness (QED) is 0.632. The van der Waals surface area contributed by atoms with E-state index in [-0.39, 0.29) is 0 Å². The van der Waals surface area contributed by atoms with E-state index in [0.29, 0.717) is 16.6 Å². The Labute approximate surface area is 180 Å². The molecule has 1 aromatic heterocycles. The fourth-order valence-electron chi connectivity index (χ4n) is 4.68. The van der Waals surface area contributed by atoms with Gasteiger partial charge < -0.3 is 10.6 Å². The molecular formula is C24H23FN4S. The van der Waals surface area contributed by atoms with E-state index >= 15 is 0 Å². The van der Waals surface area contributed by atoms with E-state index in [0.717, 1.165) is 30.0 Å². The van der Waals surface area contributed by atoms with E-state index < -0.39 is 11.5 Å². The van der Waals surface area contributed by atoms with Crippen molar-refractivity contribution in [2.24, 2.45) is 16.6 Å². The van der Waals surface area contributed by atoms with E-state index in [2.05, 4.69) is 53.2 Å². The molecule has 0 radical (unpaired) electrons. The summed E-state index contributed by atoms with van der Waals surface area (Å²) in [6.45, 7) is 3.81. The number of pyridine rings is 1. The first-order chi connectivity index (χ1) is 14.6. The van der Waals surface area contributed by atoms with Crippen LogP contribution in [0.25, 0.3) is 11.1 Å². The van der Waals surface area contributed by atoms with Crippen LogP contribution >= 0.6 is 11.8 Å². The minimum absolute atomic E-state index is 0.323. The predicted octanol–water partition coefficient (Wildman–Crippen LogP) is 4.59. The maximum absolute atomic E-state index is 14.3. The van der Waals surface area contributed by atoms with Crippen molar-refractivity contribution in [3.63, 3.8) is 0 Å². The Morgan fingerprint density at radius 1 is 1.13 bits per heavy atom. The van der Waals surface area contributed by atoms with Gasteiger partial charge in [0, 0.05) is 42.2 Å². The number of para-hydroxylation sites is 1. The molecule has 3 heterocycles. The molecule has 30 heavy (non-hydrogen) atoms. The topological polar surface area (TPSA) is 54.5 Å². The molecule has 0 saturated carbocycles. The number of halogens is 1. The smallest absolute Gasteiger partial charge is 0.220 e. The number of hydrogen-bond donors (Lipinski definition) is 1. The van der Waals surface area contributed by atoms with Crippen molar-refractivity contribution in [3.8, 4) is 11.1 Å². The third-order valence-corrected chi connectivity index (χ3v) is 7.13. The molecule has 2 atom stereocenters. The van der Waals surface area contributed by atoms with Crippen molar-refractivity contribution >= 4 is 22.6 Å². The number of fused-ring (bicyclic) bond motifs is 1. The van der Waals surface area contributed by atoms with Crippen LogP contribution in [0.4, 0.5) is 10.1 Å². The van der Waals surface area contributed by atoms with Gasteiger partial charge in [-0.05, 0) is 47.9 Å². The fraction of sp³-hybridized carbons (Fsp3) is 0.250. The van der Waals surface area contributed by atoms with Gasteiger partial charge in [0.25, 0.3) is 0 Å². The number of amidine groups is 1. The molecule has 0 aliphatic carbocycles. The Morgan fingerprint density at radius 2 is 2.00 bits per heavy atom. The molecule has 2 aliphatic rings. The standard InChI is InChI=1S/C24H23FN4S/c1-16-6-2-3-10-21(16)29-13-19-14-30-23(26)28-24(19,15-29)18-8-4-7-17(12-18)20-9-5-11-27-22(20)25/h2-12,19H,13-15H2,1H3,(H2,26,28)/t19?,24-/m1/s1. The second-order valence-electron chi connectivity index (χ2n) is 7.97. The monoisotopic (exact) mass is 418 g/mol. The summed E-state index contributed by atoms with van der Waals surface area (Å²) in [5.41, 5.74) is 10.7. The highest BCUT2D eigenvalue weighted by atomic mass is 32.2. The first-order valence-electron chi connectivity index (χ1n) is 10.1. The summed E-state index contributed by atoms with van der Waals surface area (Å²) >= 11 is 1.62. The molecule has 2 aliphatic heterocycles. The third-order valence-electron chi connectivity index (χ3n) is 6.18. The predicted molar refractivity (Wildman–Crippen MR) is 122 cm³/mol. The molecule has 2 N–H and O–H groups in total. The van der Waals surface area contributed by atoms with E-state index in [1.54, 1.807) is 23.9 Å². The number of nitrogens with zero attached hydrogens (tertiary/aromatic N) is 3. The summed E-state index contributed by atoms with van der Waals surface area (Å²) in [6, 6.07) is 20.0. The van der Waals surface area contributed by atoms with Crippen molar-refractivity contribution < 1.29 is 4.39 Å². The largest absolute Gasteiger partial charge is 0.379 e. The van der Waals surface area contributed by atoms with Crippen LogP contribution in [0.3, 0.4) is 0 Å². The number of aromatic nitrogens is 1. The summed E-state index contributed by atoms with van der Waals surface area (Å²) in [6.07, 6.45) is 1.47. The molecule has 152 valence electrons. The van der Waals surface area contributed by atoms with Crippen LogP contribution < -0.4 is 10.6 Å². The van der Waals surface area contributed by atoms with Gasteiger partial charge >= 0.3 is 0 Å². The molecule has 1 fully saturated rings. The van der Waals surface area contributed by atoms with Crippen LogP contribution in [-0.4, -0.2) is 29.0 Å². The van der Waals surface area contributed by atoms with Gasteiger partial charge in [-0.1, -0.05) is 48.2 Å². The van der Waals surface area contributed by atoms with Gasteiger partial charge in [0.1, 0.15) is 5.54 Å². The van der Waals surface area contributed by atoms with E-state index in [9.17, 15) is 4.39 Å². The number of benzene rings is 2. The minimum Gasteiger partial charge on any atom is -0.379 e. The van der Waals surface area contributed by atoms with Crippen LogP contribution in [-0.2, 0) is 5.54 Å². The van der Waals surface area contributed by atoms with Gasteiger partial charge in [-0.15, -0.1) is 0 Å². The lowest BCUT2D eigenvalue weighted by molar-refractivity contribution is 0.388. The summed E-state index contributed by atoms with van der Waals surface area (Å²) in [7, 11) is 0. The van der Waals surface area contributed by atoms with Crippen LogP contribution in [0, 0.1) is 18.8 Å². The summed E-state index contributed by atoms with van der Waals surface area (Å²) in [4.78, 5) is 11.2. The van der Waals surface area contributed by atoms with Crippen molar-refractivity contribution in [3.05, 3.63) is 83.9 Å². The van der Waals surface area contributed by atoms with Gasteiger partial charge in [0.2, 0.25) is 5.95 Å². The van der Waals surface area contributed by atoms with Crippen LogP contribution in [0.15, 0.2) is 71.9 Å². The minimum atomic E-state index is -0.459. The van der Waals surface area contributed by atoms with Gasteiger partial charge in [0.05, 0.1) is 0 Å². The zero-order valence-electron chi connectivity index (χ0n) is 16.8. The van der Waals surface area contributed by atoms with Crippen LogP contribution in [0.1, 0.15) is 11.1 Å². The second-order valence-corrected chi connectivity index (χ2v) is 9.01. The number of nitrogens with two attached hydrogens (primary N) is 1. The molecule has 1 saturated heterocycles. The average molecular weight is 419 g/mol. The molecule has 0 bridgehead atoms. The average Bonchev–Trinajstić information content (AvgIpc) is 3.14. The zero-order chi connectivity index (χ0) is 20.7. The number of aryl methyl sites for hydroxylation is 1. The van der Waals surface area contributed by atoms with Crippen molar-refractivity contribution in [2.45, 2.75) is 12.5 Å². The summed E-state index contributed by atoms with van der Waals surface area (Å²) < 4.78 is 14.3.